The van der Waals surface area contributed by atoms with Crippen molar-refractivity contribution in [3.05, 3.63) is 40.5 Å². The highest BCUT2D eigenvalue weighted by atomic mass is 35.5. The van der Waals surface area contributed by atoms with Crippen LogP contribution in [-0.4, -0.2) is 58.1 Å². The van der Waals surface area contributed by atoms with Crippen LogP contribution in [0.2, 0.25) is 10.0 Å². The molecule has 0 bridgehead atoms. The second-order valence-electron chi connectivity index (χ2n) is 9.68. The third-order valence-corrected chi connectivity index (χ3v) is 7.68. The van der Waals surface area contributed by atoms with Crippen molar-refractivity contribution in [3.8, 4) is 11.1 Å². The number of anilines is 2. The summed E-state index contributed by atoms with van der Waals surface area (Å²) in [5.74, 6) is 0.860. The molecule has 38 heavy (non-hydrogen) atoms. The molecule has 0 saturated heterocycles. The number of unbranched alkanes of at least 4 members (excludes halogenated alkanes) is 1. The third kappa shape index (κ3) is 7.46. The Morgan fingerprint density at radius 2 is 1.79 bits per heavy atom. The van der Waals surface area contributed by atoms with Crippen LogP contribution in [0.15, 0.2) is 30.5 Å². The van der Waals surface area contributed by atoms with Crippen LogP contribution in [0, 0.1) is 0 Å². The average molecular weight is 559 g/mol. The van der Waals surface area contributed by atoms with E-state index in [0.29, 0.717) is 38.6 Å². The van der Waals surface area contributed by atoms with Crippen LogP contribution in [0.5, 0.6) is 0 Å². The first-order valence-electron chi connectivity index (χ1n) is 13.6. The number of halogens is 2. The topological polar surface area (TPSA) is 95.1 Å². The molecule has 0 unspecified atom stereocenters. The fraction of sp³-hybridized carbons (Fsp3) is 0.500. The van der Waals surface area contributed by atoms with Crippen LogP contribution in [0.3, 0.4) is 0 Å². The Hall–Kier alpha value is -2.68. The molecule has 8 nitrogen and oxygen atoms in total. The number of nitrogens with zero attached hydrogens (tertiary/aromatic N) is 4. The van der Waals surface area contributed by atoms with Crippen LogP contribution in [0.25, 0.3) is 22.2 Å². The SMILES string of the molecule is CCN(CC)CCCCNc1ncc2cc(-c3c(Cl)cccc3Cl)c(NC(=O)NC3CCCCC3)nc2n1. The molecule has 1 aliphatic rings. The summed E-state index contributed by atoms with van der Waals surface area (Å²) in [5, 5.41) is 11.0. The Morgan fingerprint density at radius 1 is 1.05 bits per heavy atom. The molecule has 2 aromatic heterocycles. The van der Waals surface area contributed by atoms with E-state index in [0.717, 1.165) is 70.1 Å². The van der Waals surface area contributed by atoms with Crippen LogP contribution >= 0.6 is 23.2 Å². The van der Waals surface area contributed by atoms with Crippen molar-refractivity contribution in [3.63, 3.8) is 0 Å². The molecule has 1 aromatic carbocycles. The number of carbonyl (C=O) groups is 1. The molecule has 1 aliphatic carbocycles. The summed E-state index contributed by atoms with van der Waals surface area (Å²) in [6.45, 7) is 8.37. The number of fused-ring (bicyclic) bond motifs is 1. The second kappa shape index (κ2) is 13.9. The lowest BCUT2D eigenvalue weighted by Crippen LogP contribution is -2.39. The van der Waals surface area contributed by atoms with E-state index in [1.165, 1.54) is 6.42 Å². The summed E-state index contributed by atoms with van der Waals surface area (Å²) in [4.78, 5) is 29.2. The largest absolute Gasteiger partial charge is 0.354 e. The zero-order valence-corrected chi connectivity index (χ0v) is 23.7. The van der Waals surface area contributed by atoms with E-state index >= 15 is 0 Å². The highest BCUT2D eigenvalue weighted by molar-refractivity contribution is 6.39. The highest BCUT2D eigenvalue weighted by Gasteiger charge is 2.20. The van der Waals surface area contributed by atoms with Crippen LogP contribution < -0.4 is 16.0 Å². The van der Waals surface area contributed by atoms with Crippen molar-refractivity contribution in [1.29, 1.82) is 0 Å². The Bertz CT molecular complexity index is 1210. The number of pyridine rings is 1. The van der Waals surface area contributed by atoms with E-state index in [4.69, 9.17) is 28.2 Å². The molecule has 4 rings (SSSR count). The number of amides is 2. The molecule has 2 amide bonds. The van der Waals surface area contributed by atoms with E-state index in [2.05, 4.69) is 44.7 Å². The smallest absolute Gasteiger partial charge is 0.320 e. The summed E-state index contributed by atoms with van der Waals surface area (Å²) in [6, 6.07) is 7.06. The van der Waals surface area contributed by atoms with Gasteiger partial charge in [0.1, 0.15) is 5.82 Å². The van der Waals surface area contributed by atoms with Gasteiger partial charge < -0.3 is 15.5 Å². The van der Waals surface area contributed by atoms with Gasteiger partial charge in [-0.15, -0.1) is 0 Å². The van der Waals surface area contributed by atoms with Crippen molar-refractivity contribution in [2.75, 3.05) is 36.8 Å². The molecule has 0 aliphatic heterocycles. The van der Waals surface area contributed by atoms with Crippen molar-refractivity contribution in [1.82, 2.24) is 25.2 Å². The normalized spacial score (nSPS) is 14.1. The van der Waals surface area contributed by atoms with E-state index in [1.807, 2.05) is 6.07 Å². The van der Waals surface area contributed by atoms with Crippen molar-refractivity contribution < 1.29 is 4.79 Å². The van der Waals surface area contributed by atoms with Gasteiger partial charge in [0.05, 0.1) is 10.0 Å². The van der Waals surface area contributed by atoms with Gasteiger partial charge in [-0.2, -0.15) is 4.98 Å². The second-order valence-corrected chi connectivity index (χ2v) is 10.5. The first-order chi connectivity index (χ1) is 18.5. The molecule has 0 radical (unpaired) electrons. The molecule has 3 N–H and O–H groups in total. The molecule has 0 atom stereocenters. The number of nitrogens with one attached hydrogen (secondary N) is 3. The zero-order valence-electron chi connectivity index (χ0n) is 22.2. The van der Waals surface area contributed by atoms with E-state index in [-0.39, 0.29) is 12.1 Å². The Balaban J connectivity index is 1.55. The average Bonchev–Trinajstić information content (AvgIpc) is 2.91. The van der Waals surface area contributed by atoms with Gasteiger partial charge in [0.15, 0.2) is 5.65 Å². The number of rotatable bonds is 11. The van der Waals surface area contributed by atoms with Crippen molar-refractivity contribution in [2.24, 2.45) is 0 Å². The number of hydrogen-bond donors (Lipinski definition) is 3. The standard InChI is InChI=1S/C28H37Cl2N7O/c1-3-37(4-2)16-9-8-15-31-27-32-18-19-17-21(24-22(29)13-10-14-23(24)30)26(34-25(19)35-27)36-28(38)33-20-11-6-5-7-12-20/h10,13-14,17-18,20H,3-9,11-12,15-16H2,1-2H3,(H3,31,32,33,34,35,36,38). The molecule has 2 heterocycles. The lowest BCUT2D eigenvalue weighted by atomic mass is 9.96. The van der Waals surface area contributed by atoms with Crippen molar-refractivity contribution >= 4 is 52.0 Å². The number of carbonyl (C=O) groups excluding carboxylic acids is 1. The Morgan fingerprint density at radius 3 is 2.50 bits per heavy atom. The zero-order chi connectivity index (χ0) is 26.9. The number of urea groups is 1. The van der Waals surface area contributed by atoms with Gasteiger partial charge in [-0.05, 0) is 63.5 Å². The number of benzene rings is 1. The minimum Gasteiger partial charge on any atom is -0.354 e. The Labute approximate surface area is 234 Å². The predicted molar refractivity (Wildman–Crippen MR) is 157 cm³/mol. The van der Waals surface area contributed by atoms with Gasteiger partial charge in [0.25, 0.3) is 0 Å². The highest BCUT2D eigenvalue weighted by Crippen LogP contribution is 2.39. The van der Waals surface area contributed by atoms with Crippen LogP contribution in [0.1, 0.15) is 58.8 Å². The van der Waals surface area contributed by atoms with Gasteiger partial charge in [-0.1, -0.05) is 62.4 Å². The number of hydrogen-bond acceptors (Lipinski definition) is 6. The first kappa shape index (κ1) is 28.3. The summed E-state index contributed by atoms with van der Waals surface area (Å²) >= 11 is 13.1. The first-order valence-corrected chi connectivity index (χ1v) is 14.4. The maximum absolute atomic E-state index is 13.0. The summed E-state index contributed by atoms with van der Waals surface area (Å²) in [5.41, 5.74) is 1.70. The minimum absolute atomic E-state index is 0.163. The van der Waals surface area contributed by atoms with Gasteiger partial charge in [-0.25, -0.2) is 14.8 Å². The van der Waals surface area contributed by atoms with E-state index < -0.39 is 0 Å². The molecule has 1 saturated carbocycles. The molecular formula is C28H37Cl2N7O. The van der Waals surface area contributed by atoms with Crippen molar-refractivity contribution in [2.45, 2.75) is 64.8 Å². The molecule has 1 fully saturated rings. The maximum Gasteiger partial charge on any atom is 0.320 e. The third-order valence-electron chi connectivity index (χ3n) is 7.05. The molecular weight excluding hydrogens is 521 g/mol. The molecule has 10 heteroatoms. The lowest BCUT2D eigenvalue weighted by molar-refractivity contribution is 0.244. The van der Waals surface area contributed by atoms with Crippen LogP contribution in [-0.2, 0) is 0 Å². The fourth-order valence-electron chi connectivity index (χ4n) is 4.87. The minimum atomic E-state index is -0.297. The quantitative estimate of drug-likeness (QED) is 0.220. The maximum atomic E-state index is 13.0. The van der Waals surface area contributed by atoms with Gasteiger partial charge in [-0.3, -0.25) is 5.32 Å². The molecule has 204 valence electrons. The van der Waals surface area contributed by atoms with Gasteiger partial charge in [0.2, 0.25) is 5.95 Å². The molecule has 0 spiro atoms. The van der Waals surface area contributed by atoms with E-state index in [1.54, 1.807) is 24.4 Å². The van der Waals surface area contributed by atoms with Gasteiger partial charge in [0, 0.05) is 35.3 Å². The predicted octanol–water partition coefficient (Wildman–Crippen LogP) is 6.99. The summed E-state index contributed by atoms with van der Waals surface area (Å²) in [7, 11) is 0. The monoisotopic (exact) mass is 557 g/mol. The van der Waals surface area contributed by atoms with E-state index in [9.17, 15) is 4.79 Å². The summed E-state index contributed by atoms with van der Waals surface area (Å²) < 4.78 is 0. The van der Waals surface area contributed by atoms with Gasteiger partial charge >= 0.3 is 6.03 Å². The fourth-order valence-corrected chi connectivity index (χ4v) is 5.47. The van der Waals surface area contributed by atoms with Crippen LogP contribution in [0.4, 0.5) is 16.6 Å². The lowest BCUT2D eigenvalue weighted by Gasteiger charge is -2.23. The Kier molecular flexibility index (Phi) is 10.4. The summed E-state index contributed by atoms with van der Waals surface area (Å²) in [6.07, 6.45) is 9.29. The molecule has 3 aromatic rings. The number of aromatic nitrogens is 3.